The van der Waals surface area contributed by atoms with E-state index < -0.39 is 17.8 Å². The van der Waals surface area contributed by atoms with Gasteiger partial charge in [-0.3, -0.25) is 4.79 Å². The number of amides is 1. The smallest absolute Gasteiger partial charge is 0.261 e. The Bertz CT molecular complexity index is 723. The molecule has 1 unspecified atom stereocenters. The summed E-state index contributed by atoms with van der Waals surface area (Å²) in [5.41, 5.74) is 0.612. The molecule has 1 atom stereocenters. The molecule has 0 saturated carbocycles. The van der Waals surface area contributed by atoms with Crippen molar-refractivity contribution >= 4 is 17.5 Å². The molecule has 0 aliphatic carbocycles. The van der Waals surface area contributed by atoms with Gasteiger partial charge in [0.2, 0.25) is 0 Å². The fraction of sp³-hybridized carbons (Fsp3) is 0.188. The third-order valence-corrected chi connectivity index (χ3v) is 3.37. The van der Waals surface area contributed by atoms with Gasteiger partial charge in [0.05, 0.1) is 5.02 Å². The average molecular weight is 340 g/mol. The van der Waals surface area contributed by atoms with E-state index >= 15 is 0 Å². The molecule has 3 N–H and O–H groups in total. The first-order valence-electron chi connectivity index (χ1n) is 6.77. The Morgan fingerprint density at radius 3 is 2.65 bits per heavy atom. The minimum atomic E-state index is -0.844. The lowest BCUT2D eigenvalue weighted by molar-refractivity contribution is -0.127. The predicted octanol–water partition coefficient (Wildman–Crippen LogP) is 2.97. The zero-order chi connectivity index (χ0) is 17.0. The number of benzene rings is 2. The van der Waals surface area contributed by atoms with Gasteiger partial charge >= 0.3 is 0 Å². The van der Waals surface area contributed by atoms with Crippen LogP contribution in [-0.4, -0.2) is 22.2 Å². The van der Waals surface area contributed by atoms with Crippen molar-refractivity contribution in [2.75, 3.05) is 0 Å². The molecule has 5 nitrogen and oxygen atoms in total. The van der Waals surface area contributed by atoms with Crippen molar-refractivity contribution in [2.24, 2.45) is 0 Å². The van der Waals surface area contributed by atoms with Crippen molar-refractivity contribution in [3.8, 4) is 17.2 Å². The molecule has 2 rings (SSSR count). The van der Waals surface area contributed by atoms with Gasteiger partial charge in [-0.25, -0.2) is 4.39 Å². The lowest BCUT2D eigenvalue weighted by Gasteiger charge is -2.15. The highest BCUT2D eigenvalue weighted by Gasteiger charge is 2.16. The van der Waals surface area contributed by atoms with E-state index in [1.165, 1.54) is 31.2 Å². The summed E-state index contributed by atoms with van der Waals surface area (Å²) in [6.07, 6.45) is -0.844. The number of nitrogens with one attached hydrogen (secondary N) is 1. The van der Waals surface area contributed by atoms with E-state index in [2.05, 4.69) is 5.32 Å². The van der Waals surface area contributed by atoms with Gasteiger partial charge in [-0.2, -0.15) is 0 Å². The quantitative estimate of drug-likeness (QED) is 0.732. The van der Waals surface area contributed by atoms with Crippen molar-refractivity contribution in [1.29, 1.82) is 0 Å². The Labute approximate surface area is 137 Å². The molecule has 2 aromatic rings. The van der Waals surface area contributed by atoms with Crippen LogP contribution in [-0.2, 0) is 11.3 Å². The van der Waals surface area contributed by atoms with Crippen molar-refractivity contribution in [1.82, 2.24) is 5.32 Å². The summed E-state index contributed by atoms with van der Waals surface area (Å²) < 4.78 is 18.3. The van der Waals surface area contributed by atoms with E-state index in [0.29, 0.717) is 5.56 Å². The highest BCUT2D eigenvalue weighted by Crippen LogP contribution is 2.26. The van der Waals surface area contributed by atoms with E-state index in [0.717, 1.165) is 6.07 Å². The van der Waals surface area contributed by atoms with Crippen LogP contribution < -0.4 is 10.1 Å². The SMILES string of the molecule is CC(Oc1ccc(F)cc1Cl)C(=O)NCc1ccc(O)c(O)c1. The topological polar surface area (TPSA) is 78.8 Å². The van der Waals surface area contributed by atoms with Crippen LogP contribution in [0.2, 0.25) is 5.02 Å². The minimum Gasteiger partial charge on any atom is -0.504 e. The fourth-order valence-electron chi connectivity index (χ4n) is 1.83. The van der Waals surface area contributed by atoms with Gasteiger partial charge in [0, 0.05) is 6.54 Å². The maximum Gasteiger partial charge on any atom is 0.261 e. The summed E-state index contributed by atoms with van der Waals surface area (Å²) >= 11 is 5.84. The number of carbonyl (C=O) groups excluding carboxylic acids is 1. The summed E-state index contributed by atoms with van der Waals surface area (Å²) in [7, 11) is 0. The number of carbonyl (C=O) groups is 1. The Kier molecular flexibility index (Phi) is 5.28. The van der Waals surface area contributed by atoms with E-state index in [1.54, 1.807) is 6.07 Å². The number of phenols is 2. The van der Waals surface area contributed by atoms with Crippen LogP contribution in [0, 0.1) is 5.82 Å². The molecular formula is C16H15ClFNO4. The third-order valence-electron chi connectivity index (χ3n) is 3.07. The molecule has 23 heavy (non-hydrogen) atoms. The zero-order valence-corrected chi connectivity index (χ0v) is 13.0. The highest BCUT2D eigenvalue weighted by molar-refractivity contribution is 6.32. The van der Waals surface area contributed by atoms with Gasteiger partial charge in [-0.05, 0) is 42.8 Å². The molecule has 0 bridgehead atoms. The number of ether oxygens (including phenoxy) is 1. The first-order valence-corrected chi connectivity index (χ1v) is 7.15. The number of phenolic OH excluding ortho intramolecular Hbond substituents is 2. The van der Waals surface area contributed by atoms with Crippen LogP contribution in [0.1, 0.15) is 12.5 Å². The lowest BCUT2D eigenvalue weighted by Crippen LogP contribution is -2.35. The zero-order valence-electron chi connectivity index (χ0n) is 12.2. The van der Waals surface area contributed by atoms with Crippen LogP contribution in [0.5, 0.6) is 17.2 Å². The molecular weight excluding hydrogens is 325 g/mol. The number of hydrogen-bond donors (Lipinski definition) is 3. The van der Waals surface area contributed by atoms with Gasteiger partial charge in [-0.1, -0.05) is 17.7 Å². The van der Waals surface area contributed by atoms with Crippen molar-refractivity contribution < 1.29 is 24.1 Å². The largest absolute Gasteiger partial charge is 0.504 e. The lowest BCUT2D eigenvalue weighted by atomic mass is 10.2. The summed E-state index contributed by atoms with van der Waals surface area (Å²) in [6.45, 7) is 1.68. The van der Waals surface area contributed by atoms with E-state index in [1.807, 2.05) is 0 Å². The second kappa shape index (κ2) is 7.19. The van der Waals surface area contributed by atoms with Crippen LogP contribution in [0.25, 0.3) is 0 Å². The summed E-state index contributed by atoms with van der Waals surface area (Å²) in [4.78, 5) is 12.0. The van der Waals surface area contributed by atoms with Gasteiger partial charge in [-0.15, -0.1) is 0 Å². The molecule has 0 spiro atoms. The normalized spacial score (nSPS) is 11.8. The molecule has 0 aliphatic heterocycles. The molecule has 7 heteroatoms. The highest BCUT2D eigenvalue weighted by atomic mass is 35.5. The standard InChI is InChI=1S/C16H15ClFNO4/c1-9(23-15-5-3-11(18)7-12(15)17)16(22)19-8-10-2-4-13(20)14(21)6-10/h2-7,9,20-21H,8H2,1H3,(H,19,22). The molecule has 0 radical (unpaired) electrons. The molecule has 0 fully saturated rings. The summed E-state index contributed by atoms with van der Waals surface area (Å²) in [5, 5.41) is 21.3. The molecule has 0 aliphatic rings. The van der Waals surface area contributed by atoms with Crippen LogP contribution in [0.4, 0.5) is 4.39 Å². The van der Waals surface area contributed by atoms with Crippen LogP contribution in [0.3, 0.4) is 0 Å². The van der Waals surface area contributed by atoms with Crippen molar-refractivity contribution in [2.45, 2.75) is 19.6 Å². The van der Waals surface area contributed by atoms with Gasteiger partial charge in [0.1, 0.15) is 11.6 Å². The van der Waals surface area contributed by atoms with Crippen LogP contribution >= 0.6 is 11.6 Å². The van der Waals surface area contributed by atoms with E-state index in [4.69, 9.17) is 16.3 Å². The molecule has 1 amide bonds. The summed E-state index contributed by atoms with van der Waals surface area (Å²) in [6, 6.07) is 7.87. The average Bonchev–Trinajstić information content (AvgIpc) is 2.50. The van der Waals surface area contributed by atoms with Crippen molar-refractivity contribution in [3.63, 3.8) is 0 Å². The fourth-order valence-corrected chi connectivity index (χ4v) is 2.04. The minimum absolute atomic E-state index is 0.0770. The van der Waals surface area contributed by atoms with Crippen LogP contribution in [0.15, 0.2) is 36.4 Å². The monoisotopic (exact) mass is 339 g/mol. The van der Waals surface area contributed by atoms with Crippen molar-refractivity contribution in [3.05, 3.63) is 52.8 Å². The Morgan fingerprint density at radius 1 is 1.26 bits per heavy atom. The Hall–Kier alpha value is -2.47. The second-order valence-corrected chi connectivity index (χ2v) is 5.28. The predicted molar refractivity (Wildman–Crippen MR) is 83.1 cm³/mol. The van der Waals surface area contributed by atoms with Gasteiger partial charge in [0.25, 0.3) is 5.91 Å². The number of rotatable bonds is 5. The number of halogens is 2. The van der Waals surface area contributed by atoms with Gasteiger partial charge < -0.3 is 20.3 Å². The first-order chi connectivity index (χ1) is 10.9. The molecule has 0 aromatic heterocycles. The van der Waals surface area contributed by atoms with Gasteiger partial charge in [0.15, 0.2) is 17.6 Å². The van der Waals surface area contributed by atoms with E-state index in [9.17, 15) is 19.4 Å². The molecule has 2 aromatic carbocycles. The first kappa shape index (κ1) is 16.9. The third kappa shape index (κ3) is 4.50. The number of hydrogen-bond acceptors (Lipinski definition) is 4. The maximum absolute atomic E-state index is 13.0. The molecule has 122 valence electrons. The Morgan fingerprint density at radius 2 is 2.00 bits per heavy atom. The molecule has 0 saturated heterocycles. The van der Waals surface area contributed by atoms with E-state index in [-0.39, 0.29) is 28.8 Å². The Balaban J connectivity index is 1.93. The summed E-state index contributed by atoms with van der Waals surface area (Å²) in [5.74, 6) is -1.19. The second-order valence-electron chi connectivity index (χ2n) is 4.88. The maximum atomic E-state index is 13.0. The number of aromatic hydroxyl groups is 2. The molecule has 0 heterocycles.